The van der Waals surface area contributed by atoms with Crippen LogP contribution in [0, 0.1) is 22.7 Å². The Balaban J connectivity index is 1.29. The molecule has 0 heterocycles. The van der Waals surface area contributed by atoms with Gasteiger partial charge in [-0.3, -0.25) is 0 Å². The van der Waals surface area contributed by atoms with Crippen LogP contribution in [0.3, 0.4) is 0 Å². The Labute approximate surface area is 295 Å². The van der Waals surface area contributed by atoms with Gasteiger partial charge < -0.3 is 14.4 Å². The molecule has 0 unspecified atom stereocenters. The molecule has 5 aromatic rings. The largest absolute Gasteiger partial charge is 0.423 e. The molecule has 1 aliphatic rings. The minimum absolute atomic E-state index is 0.0639. The van der Waals surface area contributed by atoms with E-state index >= 15 is 0 Å². The lowest BCUT2D eigenvalue weighted by atomic mass is 9.99. The van der Waals surface area contributed by atoms with Gasteiger partial charge >= 0.3 is 11.9 Å². The lowest BCUT2D eigenvalue weighted by Gasteiger charge is -2.25. The zero-order valence-corrected chi connectivity index (χ0v) is 27.8. The van der Waals surface area contributed by atoms with Crippen LogP contribution < -0.4 is 14.4 Å². The van der Waals surface area contributed by atoms with Gasteiger partial charge in [-0.15, -0.1) is 0 Å². The molecule has 246 valence electrons. The van der Waals surface area contributed by atoms with Gasteiger partial charge in [0, 0.05) is 33.8 Å². The monoisotopic (exact) mass is 667 g/mol. The molecule has 0 aromatic heterocycles. The van der Waals surface area contributed by atoms with Crippen LogP contribution in [0.25, 0.3) is 16.7 Å². The van der Waals surface area contributed by atoms with Gasteiger partial charge in [0.2, 0.25) is 0 Å². The van der Waals surface area contributed by atoms with E-state index in [0.717, 1.165) is 39.3 Å². The Morgan fingerprint density at radius 1 is 0.588 bits per heavy atom. The molecule has 5 aromatic carbocycles. The van der Waals surface area contributed by atoms with Crippen molar-refractivity contribution in [1.29, 1.82) is 10.5 Å². The van der Waals surface area contributed by atoms with E-state index in [2.05, 4.69) is 23.4 Å². The predicted octanol–water partition coefficient (Wildman–Crippen LogP) is 10.4. The summed E-state index contributed by atoms with van der Waals surface area (Å²) < 4.78 is 10.8. The van der Waals surface area contributed by atoms with Crippen molar-refractivity contribution < 1.29 is 19.1 Å². The number of esters is 2. The molecular weight excluding hydrogens is 638 g/mol. The number of nitrogens with zero attached hydrogens (tertiary/aromatic N) is 5. The molecule has 9 heteroatoms. The van der Waals surface area contributed by atoms with Crippen molar-refractivity contribution in [2.24, 2.45) is 10.2 Å². The number of anilines is 3. The molecule has 0 amide bonds. The zero-order chi connectivity index (χ0) is 36.1. The van der Waals surface area contributed by atoms with Gasteiger partial charge in [-0.1, -0.05) is 43.5 Å². The quantitative estimate of drug-likeness (QED) is 0.0493. The second-order valence-electron chi connectivity index (χ2n) is 11.6. The number of rotatable bonds is 9. The third kappa shape index (κ3) is 7.09. The first kappa shape index (κ1) is 33.5. The molecule has 0 aliphatic heterocycles. The highest BCUT2D eigenvalue weighted by Crippen LogP contribution is 2.47. The number of ether oxygens (including phenoxy) is 2. The molecule has 6 rings (SSSR count). The van der Waals surface area contributed by atoms with Crippen LogP contribution in [0.1, 0.15) is 25.0 Å². The molecule has 51 heavy (non-hydrogen) atoms. The Hall–Kier alpha value is -7.36. The molecule has 0 atom stereocenters. The summed E-state index contributed by atoms with van der Waals surface area (Å²) in [5.41, 5.74) is 8.30. The van der Waals surface area contributed by atoms with Gasteiger partial charge in [0.1, 0.15) is 29.2 Å². The Morgan fingerprint density at radius 2 is 1.02 bits per heavy atom. The molecule has 1 aliphatic carbocycles. The number of hydrogen-bond acceptors (Lipinski definition) is 9. The van der Waals surface area contributed by atoms with Crippen molar-refractivity contribution in [3.8, 4) is 34.8 Å². The van der Waals surface area contributed by atoms with E-state index in [9.17, 15) is 20.1 Å². The first-order valence-corrected chi connectivity index (χ1v) is 15.7. The number of hydrogen-bond donors (Lipinski definition) is 0. The summed E-state index contributed by atoms with van der Waals surface area (Å²) in [5.74, 6) is -0.268. The van der Waals surface area contributed by atoms with E-state index in [1.807, 2.05) is 108 Å². The van der Waals surface area contributed by atoms with Crippen LogP contribution in [0.4, 0.5) is 28.4 Å². The first-order chi connectivity index (χ1) is 24.7. The summed E-state index contributed by atoms with van der Waals surface area (Å²) >= 11 is 0. The Kier molecular flexibility index (Phi) is 9.47. The lowest BCUT2D eigenvalue weighted by molar-refractivity contribution is -0.130. The highest BCUT2D eigenvalue weighted by molar-refractivity contribution is 6.04. The van der Waals surface area contributed by atoms with Gasteiger partial charge in [-0.2, -0.15) is 20.8 Å². The van der Waals surface area contributed by atoms with E-state index in [1.165, 1.54) is 0 Å². The van der Waals surface area contributed by atoms with Gasteiger partial charge in [0.05, 0.1) is 11.4 Å². The summed E-state index contributed by atoms with van der Waals surface area (Å²) in [7, 11) is 0. The highest BCUT2D eigenvalue weighted by atomic mass is 16.5. The molecule has 0 fully saturated rings. The number of fused-ring (bicyclic) bond motifs is 3. The normalized spacial score (nSPS) is 11.1. The third-order valence-electron chi connectivity index (χ3n) is 7.93. The fourth-order valence-electron chi connectivity index (χ4n) is 5.47. The van der Waals surface area contributed by atoms with Crippen LogP contribution >= 0.6 is 0 Å². The minimum atomic E-state index is -0.511. The van der Waals surface area contributed by atoms with E-state index in [-0.39, 0.29) is 5.57 Å². The first-order valence-electron chi connectivity index (χ1n) is 15.7. The van der Waals surface area contributed by atoms with E-state index in [4.69, 9.17) is 9.47 Å². The van der Waals surface area contributed by atoms with E-state index in [1.54, 1.807) is 38.1 Å². The fourth-order valence-corrected chi connectivity index (χ4v) is 5.47. The van der Waals surface area contributed by atoms with E-state index in [0.29, 0.717) is 39.6 Å². The van der Waals surface area contributed by atoms with Gasteiger partial charge in [0.25, 0.3) is 0 Å². The minimum Gasteiger partial charge on any atom is -0.423 e. The maximum atomic E-state index is 12.0. The van der Waals surface area contributed by atoms with Crippen molar-refractivity contribution in [2.75, 3.05) is 4.90 Å². The number of carbonyl (C=O) groups excluding carboxylic acids is 2. The van der Waals surface area contributed by atoms with Gasteiger partial charge in [0.15, 0.2) is 0 Å². The number of allylic oxidation sites excluding steroid dienone is 1. The second-order valence-corrected chi connectivity index (χ2v) is 11.6. The summed E-state index contributed by atoms with van der Waals surface area (Å²) in [6.07, 6.45) is 0. The standard InChI is InChI=1S/C42H29N5O4/c1-26(2)41(48)50-34-18-14-32(15-19-34)47(33-16-20-35(21-17-33)51-42(49)27(3)4)31-12-9-29(10-13-31)45-46-30-11-22-38-39(23-30)36-7-5-6-8-37(36)40(38)28(24-43)25-44/h5-23H,1,3H2,2,4H3. The van der Waals surface area contributed by atoms with Crippen LogP contribution in [0.5, 0.6) is 11.5 Å². The maximum Gasteiger partial charge on any atom is 0.338 e. The number of carbonyl (C=O) groups is 2. The van der Waals surface area contributed by atoms with Crippen molar-refractivity contribution >= 4 is 45.9 Å². The topological polar surface area (TPSA) is 128 Å². The van der Waals surface area contributed by atoms with Gasteiger partial charge in [-0.05, 0) is 121 Å². The number of azo groups is 1. The molecule has 0 spiro atoms. The van der Waals surface area contributed by atoms with Crippen LogP contribution in [-0.2, 0) is 9.59 Å². The third-order valence-corrected chi connectivity index (χ3v) is 7.93. The fraction of sp³-hybridized carbons (Fsp3) is 0.0476. The van der Waals surface area contributed by atoms with Crippen molar-refractivity contribution in [2.45, 2.75) is 13.8 Å². The molecule has 9 nitrogen and oxygen atoms in total. The molecule has 0 radical (unpaired) electrons. The molecule has 0 bridgehead atoms. The Bertz CT molecular complexity index is 2270. The summed E-state index contributed by atoms with van der Waals surface area (Å²) in [5, 5.41) is 28.2. The van der Waals surface area contributed by atoms with Crippen molar-refractivity contribution in [3.63, 3.8) is 0 Å². The molecule has 0 saturated carbocycles. The summed E-state index contributed by atoms with van der Waals surface area (Å²) in [4.78, 5) is 26.1. The maximum absolute atomic E-state index is 12.0. The van der Waals surface area contributed by atoms with E-state index < -0.39 is 11.9 Å². The van der Waals surface area contributed by atoms with Crippen molar-refractivity contribution in [1.82, 2.24) is 0 Å². The van der Waals surface area contributed by atoms with Crippen molar-refractivity contribution in [3.05, 3.63) is 156 Å². The zero-order valence-electron chi connectivity index (χ0n) is 27.8. The summed E-state index contributed by atoms with van der Waals surface area (Å²) in [6, 6.07) is 38.9. The predicted molar refractivity (Wildman–Crippen MR) is 195 cm³/mol. The average molecular weight is 668 g/mol. The lowest BCUT2D eigenvalue weighted by Crippen LogP contribution is -2.11. The summed E-state index contributed by atoms with van der Waals surface area (Å²) in [6.45, 7) is 10.4. The second kappa shape index (κ2) is 14.4. The Morgan fingerprint density at radius 3 is 1.51 bits per heavy atom. The van der Waals surface area contributed by atoms with Crippen LogP contribution in [-0.4, -0.2) is 11.9 Å². The van der Waals surface area contributed by atoms with Crippen LogP contribution in [0.2, 0.25) is 0 Å². The van der Waals surface area contributed by atoms with Crippen LogP contribution in [0.15, 0.2) is 155 Å². The smallest absolute Gasteiger partial charge is 0.338 e. The number of benzene rings is 5. The molecule has 0 N–H and O–H groups in total. The molecular formula is C42H29N5O4. The van der Waals surface area contributed by atoms with Gasteiger partial charge in [-0.25, -0.2) is 9.59 Å². The SMILES string of the molecule is C=C(C)C(=O)Oc1ccc(N(c2ccc(N=Nc3ccc4c(c3)-c3ccccc3C4=C(C#N)C#N)cc2)c2ccc(OC(=O)C(=C)C)cc2)cc1. The molecule has 0 saturated heterocycles. The average Bonchev–Trinajstić information content (AvgIpc) is 3.46. The number of nitriles is 2. The highest BCUT2D eigenvalue weighted by Gasteiger charge is 2.26.